The van der Waals surface area contributed by atoms with Crippen molar-refractivity contribution < 1.29 is 14.6 Å². The predicted octanol–water partition coefficient (Wildman–Crippen LogP) is 1.37. The van der Waals surface area contributed by atoms with Crippen LogP contribution >= 0.6 is 0 Å². The number of rotatable bonds is 4. The van der Waals surface area contributed by atoms with Gasteiger partial charge in [-0.05, 0) is 23.8 Å². The molecule has 0 bridgehead atoms. The fraction of sp³-hybridized carbons (Fsp3) is 0.250. The lowest BCUT2D eigenvalue weighted by Crippen LogP contribution is -2.36. The van der Waals surface area contributed by atoms with Crippen LogP contribution in [0.5, 0.6) is 5.75 Å². The van der Waals surface area contributed by atoms with Gasteiger partial charge >= 0.3 is 0 Å². The lowest BCUT2D eigenvalue weighted by molar-refractivity contribution is 0.0943. The fourth-order valence-electron chi connectivity index (χ4n) is 3.07. The highest BCUT2D eigenvalue weighted by Gasteiger charge is 2.18. The number of aromatic nitrogens is 3. The summed E-state index contributed by atoms with van der Waals surface area (Å²) in [4.78, 5) is 27.2. The average Bonchev–Trinajstić information content (AvgIpc) is 2.78. The topological polar surface area (TPSA) is 124 Å². The Morgan fingerprint density at radius 3 is 2.76 bits per heavy atom. The van der Waals surface area contributed by atoms with Crippen LogP contribution in [0.1, 0.15) is 21.7 Å². The predicted molar refractivity (Wildman–Crippen MR) is 104 cm³/mol. The van der Waals surface area contributed by atoms with Crippen LogP contribution in [0.4, 0.5) is 5.82 Å². The molecule has 0 saturated carbocycles. The number of amides is 1. The molecule has 0 aliphatic carbocycles. The molecule has 9 nitrogen and oxygen atoms in total. The number of carbonyl (C=O) groups excluding carboxylic acids is 1. The molecule has 2 N–H and O–H groups in total. The third kappa shape index (κ3) is 3.93. The third-order valence-corrected chi connectivity index (χ3v) is 4.65. The molecule has 3 aromatic rings. The molecule has 4 heterocycles. The Bertz CT molecular complexity index is 1090. The molecule has 29 heavy (non-hydrogen) atoms. The number of ether oxygens (including phenoxy) is 1. The number of fused-ring (bicyclic) bond motifs is 1. The van der Waals surface area contributed by atoms with Crippen LogP contribution in [0.2, 0.25) is 0 Å². The number of pyridine rings is 3. The smallest absolute Gasteiger partial charge is 0.274 e. The van der Waals surface area contributed by atoms with E-state index in [4.69, 9.17) is 10.00 Å². The van der Waals surface area contributed by atoms with E-state index in [-0.39, 0.29) is 18.0 Å². The molecular formula is C20H18N6O3. The van der Waals surface area contributed by atoms with Crippen LogP contribution < -0.4 is 10.2 Å². The zero-order valence-corrected chi connectivity index (χ0v) is 15.5. The minimum atomic E-state index is -0.508. The minimum absolute atomic E-state index is 0.0694. The fourth-order valence-corrected chi connectivity index (χ4v) is 3.07. The Morgan fingerprint density at radius 1 is 1.21 bits per heavy atom. The summed E-state index contributed by atoms with van der Waals surface area (Å²) in [5, 5.41) is 22.5. The Morgan fingerprint density at radius 2 is 2.03 bits per heavy atom. The second-order valence-electron chi connectivity index (χ2n) is 6.50. The van der Waals surface area contributed by atoms with Crippen LogP contribution in [0.25, 0.3) is 10.9 Å². The number of aromatic hydroxyl groups is 1. The summed E-state index contributed by atoms with van der Waals surface area (Å²) in [7, 11) is 0. The lowest BCUT2D eigenvalue weighted by Gasteiger charge is -2.27. The van der Waals surface area contributed by atoms with E-state index in [9.17, 15) is 9.90 Å². The van der Waals surface area contributed by atoms with E-state index in [0.717, 1.165) is 24.5 Å². The zero-order valence-electron chi connectivity index (χ0n) is 15.5. The van der Waals surface area contributed by atoms with Gasteiger partial charge in [-0.3, -0.25) is 4.79 Å². The van der Waals surface area contributed by atoms with E-state index >= 15 is 0 Å². The summed E-state index contributed by atoms with van der Waals surface area (Å²) < 4.78 is 5.35. The van der Waals surface area contributed by atoms with Crippen LogP contribution in [0.3, 0.4) is 0 Å². The highest BCUT2D eigenvalue weighted by Crippen LogP contribution is 2.28. The molecule has 1 fully saturated rings. The lowest BCUT2D eigenvalue weighted by atomic mass is 10.2. The van der Waals surface area contributed by atoms with Gasteiger partial charge < -0.3 is 20.1 Å². The molecule has 4 rings (SSSR count). The molecule has 1 aliphatic heterocycles. The summed E-state index contributed by atoms with van der Waals surface area (Å²) in [5.41, 5.74) is 1.48. The Kier molecular flexibility index (Phi) is 5.18. The van der Waals surface area contributed by atoms with Gasteiger partial charge in [0.1, 0.15) is 17.6 Å². The van der Waals surface area contributed by atoms with Crippen molar-refractivity contribution in [3.63, 3.8) is 0 Å². The maximum Gasteiger partial charge on any atom is 0.274 e. The number of nitrogens with zero attached hydrogens (tertiary/aromatic N) is 5. The zero-order chi connectivity index (χ0) is 20.2. The average molecular weight is 390 g/mol. The molecule has 0 radical (unpaired) electrons. The first kappa shape index (κ1) is 18.6. The molecule has 0 unspecified atom stereocenters. The SMILES string of the molecule is N#Cc1ccc(CNC(=O)c2ncc3nc(N4CCOCC4)ccc3c2O)cn1. The molecule has 0 atom stereocenters. The number of hydrogen-bond donors (Lipinski definition) is 2. The first-order valence-electron chi connectivity index (χ1n) is 9.10. The third-order valence-electron chi connectivity index (χ3n) is 4.65. The summed E-state index contributed by atoms with van der Waals surface area (Å²) in [5.74, 6) is 0.0671. The van der Waals surface area contributed by atoms with Gasteiger partial charge in [0.25, 0.3) is 5.91 Å². The van der Waals surface area contributed by atoms with Gasteiger partial charge in [-0.25, -0.2) is 15.0 Å². The van der Waals surface area contributed by atoms with E-state index in [1.54, 1.807) is 18.2 Å². The van der Waals surface area contributed by atoms with E-state index < -0.39 is 5.91 Å². The van der Waals surface area contributed by atoms with Gasteiger partial charge in [0.05, 0.1) is 24.9 Å². The standard InChI is InChI=1S/C20H18N6O3/c21-9-14-2-1-13(10-22-14)11-24-20(28)18-19(27)15-3-4-17(25-16(15)12-23-18)26-5-7-29-8-6-26/h1-4,10,12,27H,5-8,11H2,(H,24,28). The van der Waals surface area contributed by atoms with Crippen molar-refractivity contribution in [3.8, 4) is 11.8 Å². The van der Waals surface area contributed by atoms with E-state index in [1.807, 2.05) is 12.1 Å². The maximum atomic E-state index is 12.5. The molecule has 3 aromatic heterocycles. The van der Waals surface area contributed by atoms with Crippen molar-refractivity contribution >= 4 is 22.6 Å². The highest BCUT2D eigenvalue weighted by molar-refractivity contribution is 6.00. The molecule has 0 aromatic carbocycles. The van der Waals surface area contributed by atoms with E-state index in [0.29, 0.717) is 29.8 Å². The Hall–Kier alpha value is -3.77. The van der Waals surface area contributed by atoms with E-state index in [2.05, 4.69) is 25.2 Å². The number of anilines is 1. The molecule has 146 valence electrons. The van der Waals surface area contributed by atoms with Crippen molar-refractivity contribution in [1.29, 1.82) is 5.26 Å². The second kappa shape index (κ2) is 8.08. The number of nitrogens with one attached hydrogen (secondary N) is 1. The van der Waals surface area contributed by atoms with E-state index in [1.165, 1.54) is 12.4 Å². The number of nitriles is 1. The van der Waals surface area contributed by atoms with Crippen LogP contribution in [-0.4, -0.2) is 52.3 Å². The molecule has 1 saturated heterocycles. The highest BCUT2D eigenvalue weighted by atomic mass is 16.5. The van der Waals surface area contributed by atoms with Crippen LogP contribution in [0.15, 0.2) is 36.7 Å². The first-order chi connectivity index (χ1) is 14.2. The summed E-state index contributed by atoms with van der Waals surface area (Å²) >= 11 is 0. The van der Waals surface area contributed by atoms with Gasteiger partial charge in [-0.15, -0.1) is 0 Å². The summed E-state index contributed by atoms with van der Waals surface area (Å²) in [6.07, 6.45) is 3.00. The monoisotopic (exact) mass is 390 g/mol. The van der Waals surface area contributed by atoms with Gasteiger partial charge in [-0.1, -0.05) is 6.07 Å². The van der Waals surface area contributed by atoms with Crippen LogP contribution in [-0.2, 0) is 11.3 Å². The van der Waals surface area contributed by atoms with Gasteiger partial charge in [-0.2, -0.15) is 5.26 Å². The van der Waals surface area contributed by atoms with Gasteiger partial charge in [0.15, 0.2) is 11.4 Å². The molecule has 9 heteroatoms. The number of hydrogen-bond acceptors (Lipinski definition) is 8. The van der Waals surface area contributed by atoms with Crippen LogP contribution in [0, 0.1) is 11.3 Å². The normalized spacial score (nSPS) is 13.8. The largest absolute Gasteiger partial charge is 0.505 e. The maximum absolute atomic E-state index is 12.5. The molecular weight excluding hydrogens is 372 g/mol. The second-order valence-corrected chi connectivity index (χ2v) is 6.50. The quantitative estimate of drug-likeness (QED) is 0.684. The number of morpholine rings is 1. The van der Waals surface area contributed by atoms with Crippen molar-refractivity contribution in [2.24, 2.45) is 0 Å². The van der Waals surface area contributed by atoms with Crippen molar-refractivity contribution in [1.82, 2.24) is 20.3 Å². The van der Waals surface area contributed by atoms with Crippen molar-refractivity contribution in [2.75, 3.05) is 31.2 Å². The Balaban J connectivity index is 1.51. The molecule has 1 aliphatic rings. The Labute approximate surface area is 166 Å². The summed E-state index contributed by atoms with van der Waals surface area (Å²) in [6, 6.07) is 8.78. The van der Waals surface area contributed by atoms with Crippen molar-refractivity contribution in [2.45, 2.75) is 6.54 Å². The number of carbonyl (C=O) groups is 1. The van der Waals surface area contributed by atoms with Gasteiger partial charge in [0.2, 0.25) is 0 Å². The summed E-state index contributed by atoms with van der Waals surface area (Å²) in [6.45, 7) is 3.00. The first-order valence-corrected chi connectivity index (χ1v) is 9.10. The van der Waals surface area contributed by atoms with Gasteiger partial charge in [0, 0.05) is 31.2 Å². The van der Waals surface area contributed by atoms with Crippen molar-refractivity contribution in [3.05, 3.63) is 53.6 Å². The molecule has 0 spiro atoms. The molecule has 1 amide bonds. The minimum Gasteiger partial charge on any atom is -0.505 e.